The van der Waals surface area contributed by atoms with E-state index in [1.54, 1.807) is 43.3 Å². The summed E-state index contributed by atoms with van der Waals surface area (Å²) in [7, 11) is -3.94. The van der Waals surface area contributed by atoms with Gasteiger partial charge in [0.2, 0.25) is 20.9 Å². The number of para-hydroxylation sites is 2. The summed E-state index contributed by atoms with van der Waals surface area (Å²) in [4.78, 5) is 43.5. The van der Waals surface area contributed by atoms with E-state index < -0.39 is 60.8 Å². The molecule has 4 aromatic heterocycles. The lowest BCUT2D eigenvalue weighted by Crippen LogP contribution is -2.60. The number of hydrogen-bond donors (Lipinski definition) is 4. The molecule has 1 saturated heterocycles. The SMILES string of the molecule is Cc1ccc(N)cc1-c1nc(NC2CC(C)(C)NC(C)(C)C2)nc2c1ccc(=O)n2-c1c(F)cccc1F.Cc1ccc(N)cc1-c1nc(S(C)(=O)=O)nc2c1ccc(=O)n2-c1c(F)cccc1F. The maximum atomic E-state index is 14.9. The molecule has 0 spiro atoms. The predicted octanol–water partition coefficient (Wildman–Crippen LogP) is 8.36. The first kappa shape index (κ1) is 48.0. The molecule has 8 aromatic rings. The maximum absolute atomic E-state index is 14.9. The van der Waals surface area contributed by atoms with Crippen molar-refractivity contribution in [3.05, 3.63) is 152 Å². The van der Waals surface area contributed by atoms with Gasteiger partial charge in [-0.25, -0.2) is 35.9 Å². The molecule has 19 heteroatoms. The van der Waals surface area contributed by atoms with E-state index in [2.05, 4.69) is 53.3 Å². The summed E-state index contributed by atoms with van der Waals surface area (Å²) >= 11 is 0. The molecule has 14 nitrogen and oxygen atoms in total. The summed E-state index contributed by atoms with van der Waals surface area (Å²) in [6.45, 7) is 12.3. The molecular weight excluding hydrogens is 913 g/mol. The number of rotatable bonds is 7. The number of benzene rings is 4. The Labute approximate surface area is 394 Å². The number of halogens is 4. The minimum Gasteiger partial charge on any atom is -0.399 e. The van der Waals surface area contributed by atoms with E-state index in [1.165, 1.54) is 18.2 Å². The average Bonchev–Trinajstić information content (AvgIpc) is 3.25. The van der Waals surface area contributed by atoms with Crippen LogP contribution in [0.5, 0.6) is 0 Å². The molecule has 69 heavy (non-hydrogen) atoms. The van der Waals surface area contributed by atoms with Gasteiger partial charge in [0.1, 0.15) is 34.6 Å². The van der Waals surface area contributed by atoms with Gasteiger partial charge in [-0.05, 0) is 126 Å². The van der Waals surface area contributed by atoms with Gasteiger partial charge in [0.05, 0.1) is 11.4 Å². The van der Waals surface area contributed by atoms with Crippen molar-refractivity contribution in [2.45, 2.75) is 76.7 Å². The quantitative estimate of drug-likeness (QED) is 0.0676. The molecule has 0 atom stereocenters. The highest BCUT2D eigenvalue weighted by atomic mass is 32.2. The van der Waals surface area contributed by atoms with Crippen LogP contribution in [0.2, 0.25) is 0 Å². The van der Waals surface area contributed by atoms with Crippen LogP contribution in [-0.4, -0.2) is 60.9 Å². The third-order valence-electron chi connectivity index (χ3n) is 11.7. The number of hydrogen-bond acceptors (Lipinski definition) is 12. The highest BCUT2D eigenvalue weighted by Gasteiger charge is 2.38. The molecule has 0 aliphatic carbocycles. The van der Waals surface area contributed by atoms with Gasteiger partial charge in [0.25, 0.3) is 11.1 Å². The van der Waals surface area contributed by atoms with Crippen molar-refractivity contribution < 1.29 is 26.0 Å². The first-order chi connectivity index (χ1) is 32.4. The maximum Gasteiger partial charge on any atom is 0.256 e. The summed E-state index contributed by atoms with van der Waals surface area (Å²) in [5.74, 6) is -3.47. The van der Waals surface area contributed by atoms with Crippen LogP contribution in [0.1, 0.15) is 51.7 Å². The number of nitrogens with zero attached hydrogens (tertiary/aromatic N) is 6. The monoisotopic (exact) mass is 960 g/mol. The zero-order valence-corrected chi connectivity index (χ0v) is 39.4. The van der Waals surface area contributed by atoms with Crippen LogP contribution in [0, 0.1) is 37.1 Å². The number of nitrogens with two attached hydrogens (primary N) is 2. The van der Waals surface area contributed by atoms with Crippen LogP contribution in [0.25, 0.3) is 56.0 Å². The van der Waals surface area contributed by atoms with E-state index in [1.807, 2.05) is 13.0 Å². The minimum absolute atomic E-state index is 0.0163. The topological polar surface area (TPSA) is 206 Å². The van der Waals surface area contributed by atoms with Crippen molar-refractivity contribution in [1.29, 1.82) is 0 Å². The lowest BCUT2D eigenvalue weighted by Gasteiger charge is -2.46. The fourth-order valence-electron chi connectivity index (χ4n) is 9.08. The zero-order valence-electron chi connectivity index (χ0n) is 38.6. The molecule has 5 heterocycles. The Bertz CT molecular complexity index is 3560. The van der Waals surface area contributed by atoms with E-state index in [-0.39, 0.29) is 45.4 Å². The van der Waals surface area contributed by atoms with E-state index >= 15 is 0 Å². The highest BCUT2D eigenvalue weighted by Crippen LogP contribution is 2.36. The number of sulfone groups is 1. The standard InChI is InChI=1S/C29H32F2N6O.C21H16F2N4O3S/c1-16-9-10-17(32)13-20(16)24-19-11-12-23(38)37(25-21(30)7-6-8-22(25)31)26(19)35-27(34-24)33-18-14-28(2,3)36-29(4,5)15-18;1-11-6-7-12(24)10-14(11)18-13-8-9-17(28)27(19-15(22)4-3-5-16(19)23)20(13)26-21(25-18)31(2,29)30/h6-13,18,36H,14-15,32H2,1-5H3,(H,33,34,35);3-10H,24H2,1-2H3. The van der Waals surface area contributed by atoms with Gasteiger partial charge in [-0.15, -0.1) is 0 Å². The van der Waals surface area contributed by atoms with Crippen LogP contribution in [-0.2, 0) is 9.84 Å². The molecule has 0 unspecified atom stereocenters. The van der Waals surface area contributed by atoms with Gasteiger partial charge in [-0.2, -0.15) is 9.97 Å². The van der Waals surface area contributed by atoms with Crippen LogP contribution >= 0.6 is 0 Å². The van der Waals surface area contributed by atoms with Crippen molar-refractivity contribution in [2.75, 3.05) is 23.0 Å². The van der Waals surface area contributed by atoms with Crippen LogP contribution in [0.15, 0.2) is 112 Å². The van der Waals surface area contributed by atoms with Gasteiger partial charge in [0, 0.05) is 68.8 Å². The Kier molecular flexibility index (Phi) is 12.4. The molecule has 1 aliphatic heterocycles. The fraction of sp³-hybridized carbons (Fsp3) is 0.240. The van der Waals surface area contributed by atoms with E-state index in [0.717, 1.165) is 76.8 Å². The summed E-state index contributed by atoms with van der Waals surface area (Å²) in [5, 5.41) is 7.22. The number of fused-ring (bicyclic) bond motifs is 2. The lowest BCUT2D eigenvalue weighted by molar-refractivity contribution is 0.170. The Morgan fingerprint density at radius 3 is 1.48 bits per heavy atom. The first-order valence-corrected chi connectivity index (χ1v) is 23.6. The van der Waals surface area contributed by atoms with Crippen LogP contribution in [0.3, 0.4) is 0 Å². The Morgan fingerprint density at radius 2 is 1.04 bits per heavy atom. The Hall–Kier alpha value is -7.51. The summed E-state index contributed by atoms with van der Waals surface area (Å²) in [5.41, 5.74) is 13.6. The highest BCUT2D eigenvalue weighted by molar-refractivity contribution is 7.90. The molecule has 0 bridgehead atoms. The summed E-state index contributed by atoms with van der Waals surface area (Å²) in [6, 6.07) is 22.5. The van der Waals surface area contributed by atoms with Crippen molar-refractivity contribution in [2.24, 2.45) is 0 Å². The molecule has 1 fully saturated rings. The van der Waals surface area contributed by atoms with E-state index in [0.29, 0.717) is 32.6 Å². The van der Waals surface area contributed by atoms with Gasteiger partial charge >= 0.3 is 0 Å². The van der Waals surface area contributed by atoms with Gasteiger partial charge < -0.3 is 22.1 Å². The second kappa shape index (κ2) is 17.9. The summed E-state index contributed by atoms with van der Waals surface area (Å²) in [6.07, 6.45) is 2.50. The van der Waals surface area contributed by atoms with Gasteiger partial charge in [-0.3, -0.25) is 18.7 Å². The van der Waals surface area contributed by atoms with Crippen molar-refractivity contribution >= 4 is 49.2 Å². The number of anilines is 3. The van der Waals surface area contributed by atoms with Crippen LogP contribution < -0.4 is 33.2 Å². The second-order valence-corrected chi connectivity index (χ2v) is 20.4. The fourth-order valence-corrected chi connectivity index (χ4v) is 9.59. The van der Waals surface area contributed by atoms with E-state index in [9.17, 15) is 35.6 Å². The number of nitrogen functional groups attached to an aromatic ring is 2. The normalized spacial score (nSPS) is 14.7. The molecule has 6 N–H and O–H groups in total. The minimum atomic E-state index is -3.94. The molecule has 0 amide bonds. The zero-order chi connectivity index (χ0) is 49.9. The summed E-state index contributed by atoms with van der Waals surface area (Å²) < 4.78 is 85.3. The Balaban J connectivity index is 0.000000190. The smallest absolute Gasteiger partial charge is 0.256 e. The number of piperidine rings is 1. The molecular formula is C50H48F4N10O4S. The number of nitrogens with one attached hydrogen (secondary N) is 2. The largest absolute Gasteiger partial charge is 0.399 e. The number of aromatic nitrogens is 6. The molecule has 0 radical (unpaired) electrons. The van der Waals surface area contributed by atoms with Crippen molar-refractivity contribution in [3.8, 4) is 33.9 Å². The van der Waals surface area contributed by atoms with Gasteiger partial charge in [-0.1, -0.05) is 24.3 Å². The van der Waals surface area contributed by atoms with E-state index in [4.69, 9.17) is 16.5 Å². The molecule has 4 aromatic carbocycles. The van der Waals surface area contributed by atoms with Crippen LogP contribution in [0.4, 0.5) is 34.9 Å². The molecule has 356 valence electrons. The average molecular weight is 961 g/mol. The second-order valence-electron chi connectivity index (χ2n) is 18.4. The predicted molar refractivity (Wildman–Crippen MR) is 260 cm³/mol. The van der Waals surface area contributed by atoms with Crippen molar-refractivity contribution in [3.63, 3.8) is 0 Å². The third kappa shape index (κ3) is 9.64. The lowest BCUT2D eigenvalue weighted by atomic mass is 9.80. The van der Waals surface area contributed by atoms with Crippen molar-refractivity contribution in [1.82, 2.24) is 34.4 Å². The molecule has 1 aliphatic rings. The third-order valence-corrected chi connectivity index (χ3v) is 12.5. The number of pyridine rings is 2. The number of aryl methyl sites for hydroxylation is 2. The molecule has 9 rings (SSSR count). The Morgan fingerprint density at radius 1 is 0.623 bits per heavy atom. The first-order valence-electron chi connectivity index (χ1n) is 21.7. The molecule has 0 saturated carbocycles. The van der Waals surface area contributed by atoms with Gasteiger partial charge in [0.15, 0.2) is 11.3 Å².